The van der Waals surface area contributed by atoms with Crippen molar-refractivity contribution in [3.63, 3.8) is 0 Å². The highest BCUT2D eigenvalue weighted by Gasteiger charge is 2.43. The van der Waals surface area contributed by atoms with Crippen molar-refractivity contribution in [3.05, 3.63) is 29.8 Å². The molecule has 0 bridgehead atoms. The molecule has 0 aromatic heterocycles. The van der Waals surface area contributed by atoms with E-state index in [4.69, 9.17) is 4.74 Å². The zero-order valence-corrected chi connectivity index (χ0v) is 11.6. The molecular weight excluding hydrogens is 240 g/mol. The second kappa shape index (κ2) is 5.55. The van der Waals surface area contributed by atoms with E-state index in [0.717, 1.165) is 19.3 Å². The van der Waals surface area contributed by atoms with Crippen LogP contribution >= 0.6 is 0 Å². The maximum absolute atomic E-state index is 12.2. The normalized spacial score (nSPS) is 23.2. The molecule has 1 fully saturated rings. The Morgan fingerprint density at radius 2 is 1.95 bits per heavy atom. The van der Waals surface area contributed by atoms with Crippen LogP contribution in [0, 0.1) is 5.41 Å². The first kappa shape index (κ1) is 13.8. The molecule has 2 rings (SSSR count). The van der Waals surface area contributed by atoms with Crippen molar-refractivity contribution in [2.24, 2.45) is 5.41 Å². The van der Waals surface area contributed by atoms with Gasteiger partial charge in [-0.2, -0.15) is 0 Å². The average Bonchev–Trinajstić information content (AvgIpc) is 2.43. The Kier molecular flexibility index (Phi) is 4.03. The second-order valence-corrected chi connectivity index (χ2v) is 5.35. The van der Waals surface area contributed by atoms with E-state index >= 15 is 0 Å². The van der Waals surface area contributed by atoms with Crippen LogP contribution in [0.4, 0.5) is 0 Å². The third kappa shape index (κ3) is 2.86. The van der Waals surface area contributed by atoms with Crippen molar-refractivity contribution >= 4 is 11.8 Å². The van der Waals surface area contributed by atoms with Gasteiger partial charge >= 0.3 is 5.97 Å². The Morgan fingerprint density at radius 1 is 1.26 bits per heavy atom. The third-order valence-corrected chi connectivity index (χ3v) is 3.94. The van der Waals surface area contributed by atoms with Gasteiger partial charge < -0.3 is 4.74 Å². The van der Waals surface area contributed by atoms with Gasteiger partial charge in [-0.3, -0.25) is 9.59 Å². The minimum absolute atomic E-state index is 0.00827. The standard InChI is InChI=1S/C16H20O3/c1-3-12-7-9-13(10-8-12)19-15(18)16(2)11-5-4-6-14(16)17/h7-10H,3-6,11H2,1-2H3. The number of benzene rings is 1. The summed E-state index contributed by atoms with van der Waals surface area (Å²) in [4.78, 5) is 24.2. The molecule has 0 spiro atoms. The SMILES string of the molecule is CCc1ccc(OC(=O)C2(C)CCCCC2=O)cc1. The lowest BCUT2D eigenvalue weighted by Crippen LogP contribution is -2.41. The largest absolute Gasteiger partial charge is 0.426 e. The van der Waals surface area contributed by atoms with Gasteiger partial charge in [0.2, 0.25) is 0 Å². The molecule has 0 radical (unpaired) electrons. The van der Waals surface area contributed by atoms with Crippen molar-refractivity contribution < 1.29 is 14.3 Å². The second-order valence-electron chi connectivity index (χ2n) is 5.35. The number of hydrogen-bond acceptors (Lipinski definition) is 3. The number of carbonyl (C=O) groups excluding carboxylic acids is 2. The number of rotatable bonds is 3. The molecule has 0 aliphatic heterocycles. The Hall–Kier alpha value is -1.64. The molecule has 0 N–H and O–H groups in total. The van der Waals surface area contributed by atoms with E-state index in [1.165, 1.54) is 5.56 Å². The van der Waals surface area contributed by atoms with E-state index in [1.54, 1.807) is 19.1 Å². The number of hydrogen-bond donors (Lipinski definition) is 0. The van der Waals surface area contributed by atoms with Crippen LogP contribution in [-0.4, -0.2) is 11.8 Å². The van der Waals surface area contributed by atoms with Crippen molar-refractivity contribution in [1.29, 1.82) is 0 Å². The topological polar surface area (TPSA) is 43.4 Å². The molecular formula is C16H20O3. The lowest BCUT2D eigenvalue weighted by molar-refractivity contribution is -0.153. The molecule has 3 heteroatoms. The van der Waals surface area contributed by atoms with Gasteiger partial charge in [0.15, 0.2) is 0 Å². The molecule has 0 saturated heterocycles. The van der Waals surface area contributed by atoms with Gasteiger partial charge in [0.25, 0.3) is 0 Å². The highest BCUT2D eigenvalue weighted by Crippen LogP contribution is 2.34. The van der Waals surface area contributed by atoms with Gasteiger partial charge in [-0.1, -0.05) is 25.5 Å². The molecule has 0 amide bonds. The monoisotopic (exact) mass is 260 g/mol. The van der Waals surface area contributed by atoms with Crippen LogP contribution in [0.3, 0.4) is 0 Å². The molecule has 1 aliphatic carbocycles. The number of carbonyl (C=O) groups is 2. The summed E-state index contributed by atoms with van der Waals surface area (Å²) in [5.41, 5.74) is 0.238. The lowest BCUT2D eigenvalue weighted by atomic mass is 9.74. The third-order valence-electron chi connectivity index (χ3n) is 3.94. The van der Waals surface area contributed by atoms with Crippen LogP contribution in [0.5, 0.6) is 5.75 Å². The summed E-state index contributed by atoms with van der Waals surface area (Å²) in [7, 11) is 0. The van der Waals surface area contributed by atoms with Crippen molar-refractivity contribution in [2.45, 2.75) is 46.0 Å². The summed E-state index contributed by atoms with van der Waals surface area (Å²) in [6.07, 6.45) is 3.82. The maximum Gasteiger partial charge on any atom is 0.324 e. The van der Waals surface area contributed by atoms with Crippen LogP contribution in [0.25, 0.3) is 0 Å². The number of Topliss-reactive ketones (excluding diaryl/α,β-unsaturated/α-hetero) is 1. The van der Waals surface area contributed by atoms with E-state index in [-0.39, 0.29) is 5.78 Å². The first-order valence-corrected chi connectivity index (χ1v) is 6.91. The number of esters is 1. The summed E-state index contributed by atoms with van der Waals surface area (Å²) >= 11 is 0. The van der Waals surface area contributed by atoms with E-state index in [9.17, 15) is 9.59 Å². The minimum Gasteiger partial charge on any atom is -0.426 e. The average molecular weight is 260 g/mol. The van der Waals surface area contributed by atoms with E-state index in [0.29, 0.717) is 18.6 Å². The highest BCUT2D eigenvalue weighted by molar-refractivity contribution is 6.04. The van der Waals surface area contributed by atoms with Gasteiger partial charge in [-0.15, -0.1) is 0 Å². The zero-order chi connectivity index (χ0) is 13.9. The molecule has 1 aromatic carbocycles. The molecule has 1 saturated carbocycles. The van der Waals surface area contributed by atoms with Crippen molar-refractivity contribution in [3.8, 4) is 5.75 Å². The van der Waals surface area contributed by atoms with E-state index in [1.807, 2.05) is 12.1 Å². The quantitative estimate of drug-likeness (QED) is 0.476. The molecule has 1 atom stereocenters. The van der Waals surface area contributed by atoms with E-state index < -0.39 is 11.4 Å². The van der Waals surface area contributed by atoms with Crippen molar-refractivity contribution in [2.75, 3.05) is 0 Å². The lowest BCUT2D eigenvalue weighted by Gasteiger charge is -2.29. The van der Waals surface area contributed by atoms with Crippen LogP contribution in [-0.2, 0) is 16.0 Å². The number of aryl methyl sites for hydroxylation is 1. The Labute approximate surface area is 114 Å². The van der Waals surface area contributed by atoms with Gasteiger partial charge in [-0.25, -0.2) is 0 Å². The summed E-state index contributed by atoms with van der Waals surface area (Å²) in [6, 6.07) is 7.45. The van der Waals surface area contributed by atoms with Gasteiger partial charge in [-0.05, 0) is 43.9 Å². The molecule has 1 aliphatic rings. The first-order valence-electron chi connectivity index (χ1n) is 6.91. The Bertz CT molecular complexity index is 475. The number of ether oxygens (including phenoxy) is 1. The molecule has 102 valence electrons. The fourth-order valence-corrected chi connectivity index (χ4v) is 2.41. The fourth-order valence-electron chi connectivity index (χ4n) is 2.41. The first-order chi connectivity index (χ1) is 9.06. The van der Waals surface area contributed by atoms with Crippen LogP contribution < -0.4 is 4.74 Å². The summed E-state index contributed by atoms with van der Waals surface area (Å²) < 4.78 is 5.37. The summed E-state index contributed by atoms with van der Waals surface area (Å²) in [5, 5.41) is 0. The minimum atomic E-state index is -0.957. The predicted octanol–water partition coefficient (Wildman–Crippen LogP) is 3.30. The van der Waals surface area contributed by atoms with Crippen molar-refractivity contribution in [1.82, 2.24) is 0 Å². The zero-order valence-electron chi connectivity index (χ0n) is 11.6. The van der Waals surface area contributed by atoms with E-state index in [2.05, 4.69) is 6.92 Å². The van der Waals surface area contributed by atoms with Gasteiger partial charge in [0.1, 0.15) is 16.9 Å². The summed E-state index contributed by atoms with van der Waals surface area (Å²) in [5.74, 6) is 0.108. The molecule has 3 nitrogen and oxygen atoms in total. The predicted molar refractivity (Wildman–Crippen MR) is 73.0 cm³/mol. The van der Waals surface area contributed by atoms with Gasteiger partial charge in [0, 0.05) is 6.42 Å². The van der Waals surface area contributed by atoms with Gasteiger partial charge in [0.05, 0.1) is 0 Å². The van der Waals surface area contributed by atoms with Crippen LogP contribution in [0.1, 0.15) is 45.1 Å². The molecule has 19 heavy (non-hydrogen) atoms. The van der Waals surface area contributed by atoms with Crippen LogP contribution in [0.2, 0.25) is 0 Å². The molecule has 0 heterocycles. The van der Waals surface area contributed by atoms with Crippen LogP contribution in [0.15, 0.2) is 24.3 Å². The maximum atomic E-state index is 12.2. The molecule has 1 unspecified atom stereocenters. The smallest absolute Gasteiger partial charge is 0.324 e. The Balaban J connectivity index is 2.09. The molecule has 1 aromatic rings. The fraction of sp³-hybridized carbons (Fsp3) is 0.500. The number of ketones is 1. The summed E-state index contributed by atoms with van der Waals surface area (Å²) in [6.45, 7) is 3.78. The highest BCUT2D eigenvalue weighted by atomic mass is 16.5. The Morgan fingerprint density at radius 3 is 2.53 bits per heavy atom.